The topological polar surface area (TPSA) is 78.9 Å². The summed E-state index contributed by atoms with van der Waals surface area (Å²) in [5, 5.41) is 14.9. The van der Waals surface area contributed by atoms with Gasteiger partial charge in [-0.3, -0.25) is 4.79 Å². The van der Waals surface area contributed by atoms with Crippen LogP contribution in [0.25, 0.3) is 0 Å². The lowest BCUT2D eigenvalue weighted by atomic mass is 9.87. The molecular formula is C25H23BrN2O4. The molecule has 32 heavy (non-hydrogen) atoms. The van der Waals surface area contributed by atoms with E-state index in [2.05, 4.69) is 21.2 Å². The van der Waals surface area contributed by atoms with Crippen molar-refractivity contribution in [3.63, 3.8) is 0 Å². The first-order valence-electron chi connectivity index (χ1n) is 10.3. The van der Waals surface area contributed by atoms with Crippen molar-refractivity contribution in [2.45, 2.75) is 25.1 Å². The lowest BCUT2D eigenvalue weighted by Crippen LogP contribution is -2.55. The second-order valence-corrected chi connectivity index (χ2v) is 8.41. The van der Waals surface area contributed by atoms with E-state index in [1.807, 2.05) is 30.3 Å². The first kappa shape index (κ1) is 22.0. The van der Waals surface area contributed by atoms with E-state index in [1.54, 1.807) is 55.5 Å². The van der Waals surface area contributed by atoms with Gasteiger partial charge in [0, 0.05) is 15.7 Å². The number of hydrogen-bond acceptors (Lipinski definition) is 5. The van der Waals surface area contributed by atoms with Crippen LogP contribution in [0.4, 0.5) is 11.4 Å². The number of anilines is 2. The van der Waals surface area contributed by atoms with E-state index >= 15 is 0 Å². The van der Waals surface area contributed by atoms with Crippen LogP contribution >= 0.6 is 15.9 Å². The van der Waals surface area contributed by atoms with Gasteiger partial charge in [0.2, 0.25) is 5.60 Å². The Morgan fingerprint density at radius 3 is 2.41 bits per heavy atom. The van der Waals surface area contributed by atoms with Crippen LogP contribution < -0.4 is 10.2 Å². The van der Waals surface area contributed by atoms with Crippen molar-refractivity contribution in [1.29, 1.82) is 0 Å². The third-order valence-electron chi connectivity index (χ3n) is 5.46. The summed E-state index contributed by atoms with van der Waals surface area (Å²) in [5.74, 6) is -1.28. The third-order valence-corrected chi connectivity index (χ3v) is 5.98. The first-order valence-corrected chi connectivity index (χ1v) is 11.1. The second-order valence-electron chi connectivity index (χ2n) is 7.50. The quantitative estimate of drug-likeness (QED) is 0.480. The molecule has 4 rings (SSSR count). The molecule has 0 bridgehead atoms. The fourth-order valence-electron chi connectivity index (χ4n) is 3.94. The molecule has 0 saturated carbocycles. The minimum absolute atomic E-state index is 0.122. The highest BCUT2D eigenvalue weighted by molar-refractivity contribution is 9.10. The molecule has 0 unspecified atom stereocenters. The number of carbonyl (C=O) groups excluding carboxylic acids is 2. The SMILES string of the molecule is CCOC(=O)[C@H](Nc1ccc(Br)cc1)[C@]1(O)C(=O)N(Cc2ccccc2)c2ccccc21. The Labute approximate surface area is 195 Å². The van der Waals surface area contributed by atoms with E-state index in [-0.39, 0.29) is 13.2 Å². The number of aliphatic hydroxyl groups is 1. The van der Waals surface area contributed by atoms with E-state index in [4.69, 9.17) is 4.74 Å². The number of nitrogens with one attached hydrogen (secondary N) is 1. The molecule has 6 nitrogen and oxygen atoms in total. The van der Waals surface area contributed by atoms with Gasteiger partial charge in [-0.05, 0) is 42.8 Å². The summed E-state index contributed by atoms with van der Waals surface area (Å²) in [6.45, 7) is 2.08. The Hall–Kier alpha value is -3.16. The molecule has 3 aromatic rings. The average Bonchev–Trinajstić information content (AvgIpc) is 3.02. The number of carbonyl (C=O) groups is 2. The summed E-state index contributed by atoms with van der Waals surface area (Å²) in [7, 11) is 0. The van der Waals surface area contributed by atoms with Crippen LogP contribution in [0.3, 0.4) is 0 Å². The highest BCUT2D eigenvalue weighted by Crippen LogP contribution is 2.44. The summed E-state index contributed by atoms with van der Waals surface area (Å²) in [5.41, 5.74) is 0.282. The van der Waals surface area contributed by atoms with Gasteiger partial charge >= 0.3 is 5.97 Å². The molecule has 1 aliphatic heterocycles. The Morgan fingerprint density at radius 1 is 1.06 bits per heavy atom. The second kappa shape index (κ2) is 9.14. The minimum Gasteiger partial charge on any atom is -0.464 e. The van der Waals surface area contributed by atoms with Gasteiger partial charge in [0.25, 0.3) is 5.91 Å². The fraction of sp³-hybridized carbons (Fsp3) is 0.200. The molecule has 0 aliphatic carbocycles. The van der Waals surface area contributed by atoms with E-state index in [0.29, 0.717) is 16.9 Å². The molecule has 7 heteroatoms. The molecule has 0 radical (unpaired) electrons. The molecule has 2 atom stereocenters. The zero-order valence-electron chi connectivity index (χ0n) is 17.5. The smallest absolute Gasteiger partial charge is 0.332 e. The molecule has 1 amide bonds. The Balaban J connectivity index is 1.77. The number of ether oxygens (including phenoxy) is 1. The number of nitrogens with zero attached hydrogens (tertiary/aromatic N) is 1. The van der Waals surface area contributed by atoms with Gasteiger partial charge in [0.1, 0.15) is 0 Å². The summed E-state index contributed by atoms with van der Waals surface area (Å²) >= 11 is 3.38. The summed E-state index contributed by atoms with van der Waals surface area (Å²) < 4.78 is 6.12. The van der Waals surface area contributed by atoms with Gasteiger partial charge in [-0.1, -0.05) is 64.5 Å². The predicted molar refractivity (Wildman–Crippen MR) is 126 cm³/mol. The summed E-state index contributed by atoms with van der Waals surface area (Å²) in [6, 6.07) is 22.3. The number of fused-ring (bicyclic) bond motifs is 1. The number of rotatable bonds is 7. The lowest BCUT2D eigenvalue weighted by molar-refractivity contribution is -0.156. The monoisotopic (exact) mass is 494 g/mol. The van der Waals surface area contributed by atoms with Crippen LogP contribution in [0.2, 0.25) is 0 Å². The zero-order chi connectivity index (χ0) is 22.7. The molecule has 0 aromatic heterocycles. The van der Waals surface area contributed by atoms with Crippen LogP contribution in [-0.2, 0) is 26.5 Å². The van der Waals surface area contributed by atoms with Crippen molar-refractivity contribution < 1.29 is 19.4 Å². The molecule has 3 aromatic carbocycles. The Kier molecular flexibility index (Phi) is 6.30. The highest BCUT2D eigenvalue weighted by Gasteiger charge is 2.58. The number of para-hydroxylation sites is 1. The normalized spacial score (nSPS) is 18.2. The fourth-order valence-corrected chi connectivity index (χ4v) is 4.20. The number of benzene rings is 3. The third kappa shape index (κ3) is 4.01. The van der Waals surface area contributed by atoms with Crippen molar-refractivity contribution >= 4 is 39.2 Å². The van der Waals surface area contributed by atoms with Crippen molar-refractivity contribution in [2.24, 2.45) is 0 Å². The number of esters is 1. The Bertz CT molecular complexity index is 1120. The van der Waals surface area contributed by atoms with Gasteiger partial charge in [0.15, 0.2) is 6.04 Å². The molecule has 0 fully saturated rings. The largest absolute Gasteiger partial charge is 0.464 e. The van der Waals surface area contributed by atoms with E-state index in [0.717, 1.165) is 10.0 Å². The molecule has 1 heterocycles. The van der Waals surface area contributed by atoms with Crippen LogP contribution in [0, 0.1) is 0 Å². The molecule has 1 aliphatic rings. The van der Waals surface area contributed by atoms with Gasteiger partial charge < -0.3 is 20.1 Å². The maximum absolute atomic E-state index is 13.7. The maximum atomic E-state index is 13.7. The molecular weight excluding hydrogens is 472 g/mol. The first-order chi connectivity index (χ1) is 15.4. The number of amides is 1. The summed E-state index contributed by atoms with van der Waals surface area (Å²) in [4.78, 5) is 28.2. The van der Waals surface area contributed by atoms with Crippen molar-refractivity contribution in [2.75, 3.05) is 16.8 Å². The molecule has 164 valence electrons. The van der Waals surface area contributed by atoms with Gasteiger partial charge in [-0.25, -0.2) is 4.79 Å². The van der Waals surface area contributed by atoms with E-state index < -0.39 is 23.5 Å². The van der Waals surface area contributed by atoms with Crippen LogP contribution in [-0.4, -0.2) is 29.6 Å². The van der Waals surface area contributed by atoms with Gasteiger partial charge in [0.05, 0.1) is 18.8 Å². The van der Waals surface area contributed by atoms with E-state index in [1.165, 1.54) is 4.90 Å². The lowest BCUT2D eigenvalue weighted by Gasteiger charge is -2.31. The van der Waals surface area contributed by atoms with Gasteiger partial charge in [-0.2, -0.15) is 0 Å². The van der Waals surface area contributed by atoms with Gasteiger partial charge in [-0.15, -0.1) is 0 Å². The predicted octanol–water partition coefficient (Wildman–Crippen LogP) is 4.23. The number of hydrogen-bond donors (Lipinski definition) is 2. The van der Waals surface area contributed by atoms with Crippen LogP contribution in [0.15, 0.2) is 83.3 Å². The average molecular weight is 495 g/mol. The molecule has 0 saturated heterocycles. The number of halogens is 1. The molecule has 0 spiro atoms. The van der Waals surface area contributed by atoms with Crippen molar-refractivity contribution in [1.82, 2.24) is 0 Å². The highest BCUT2D eigenvalue weighted by atomic mass is 79.9. The van der Waals surface area contributed by atoms with Crippen LogP contribution in [0.1, 0.15) is 18.1 Å². The van der Waals surface area contributed by atoms with Crippen molar-refractivity contribution in [3.05, 3.63) is 94.5 Å². The summed E-state index contributed by atoms with van der Waals surface area (Å²) in [6.07, 6.45) is 0. The standard InChI is InChI=1S/C25H23BrN2O4/c1-2-32-23(29)22(27-19-14-12-18(26)13-15-19)25(31)20-10-6-7-11-21(20)28(24(25)30)16-17-8-4-3-5-9-17/h3-15,22,27,31H,2,16H2,1H3/t22-,25-/m0/s1. The van der Waals surface area contributed by atoms with Crippen molar-refractivity contribution in [3.8, 4) is 0 Å². The molecule has 2 N–H and O–H groups in total. The Morgan fingerprint density at radius 2 is 1.72 bits per heavy atom. The van der Waals surface area contributed by atoms with Crippen LogP contribution in [0.5, 0.6) is 0 Å². The zero-order valence-corrected chi connectivity index (χ0v) is 19.1. The minimum atomic E-state index is -2.13. The van der Waals surface area contributed by atoms with E-state index in [9.17, 15) is 14.7 Å². The maximum Gasteiger partial charge on any atom is 0.332 e.